The molecule has 4 saturated carbocycles. The van der Waals surface area contributed by atoms with Crippen LogP contribution in [0.3, 0.4) is 0 Å². The topological polar surface area (TPSA) is 41.1 Å². The molecular formula is C18H30N2O. The number of urea groups is 1. The lowest BCUT2D eigenvalue weighted by molar-refractivity contribution is 0.0608. The maximum Gasteiger partial charge on any atom is 0.315 e. The number of carbonyl (C=O) groups is 1. The Morgan fingerprint density at radius 3 is 2.52 bits per heavy atom. The molecule has 4 fully saturated rings. The molecule has 2 N–H and O–H groups in total. The number of amides is 2. The standard InChI is InChI=1S/C18H30N2O/c21-17(19-12-14-10-16(14)13-4-1-5-13)20-15-6-2-7-18(11-15)8-3-9-18/h13-16H,1-12H2,(H2,19,20,21)/t14-,15?,16-/m0/s1. The minimum atomic E-state index is 0.0932. The van der Waals surface area contributed by atoms with Gasteiger partial charge in [0.25, 0.3) is 0 Å². The molecule has 0 bridgehead atoms. The summed E-state index contributed by atoms with van der Waals surface area (Å²) in [7, 11) is 0. The van der Waals surface area contributed by atoms with Gasteiger partial charge in [-0.2, -0.15) is 0 Å². The lowest BCUT2D eigenvalue weighted by Crippen LogP contribution is -2.48. The summed E-state index contributed by atoms with van der Waals surface area (Å²) in [5.74, 6) is 2.72. The van der Waals surface area contributed by atoms with Crippen molar-refractivity contribution in [3.63, 3.8) is 0 Å². The van der Waals surface area contributed by atoms with Crippen LogP contribution in [0.2, 0.25) is 0 Å². The molecule has 0 aliphatic heterocycles. The van der Waals surface area contributed by atoms with E-state index in [4.69, 9.17) is 0 Å². The Bertz CT molecular complexity index is 400. The minimum absolute atomic E-state index is 0.0932. The van der Waals surface area contributed by atoms with Crippen molar-refractivity contribution in [3.8, 4) is 0 Å². The molecule has 0 aromatic carbocycles. The van der Waals surface area contributed by atoms with Crippen LogP contribution in [0.15, 0.2) is 0 Å². The van der Waals surface area contributed by atoms with Gasteiger partial charge in [0.2, 0.25) is 0 Å². The van der Waals surface area contributed by atoms with E-state index in [9.17, 15) is 4.79 Å². The Kier molecular flexibility index (Phi) is 3.63. The molecule has 1 spiro atoms. The van der Waals surface area contributed by atoms with Crippen LogP contribution < -0.4 is 10.6 Å². The lowest BCUT2D eigenvalue weighted by atomic mass is 9.60. The van der Waals surface area contributed by atoms with Gasteiger partial charge in [-0.25, -0.2) is 4.79 Å². The van der Waals surface area contributed by atoms with Crippen molar-refractivity contribution in [1.29, 1.82) is 0 Å². The van der Waals surface area contributed by atoms with E-state index in [0.29, 0.717) is 11.5 Å². The quantitative estimate of drug-likeness (QED) is 0.811. The second-order valence-corrected chi connectivity index (χ2v) is 8.35. The molecule has 4 aliphatic carbocycles. The molecule has 0 saturated heterocycles. The molecule has 3 atom stereocenters. The van der Waals surface area contributed by atoms with E-state index in [1.54, 1.807) is 0 Å². The average molecular weight is 290 g/mol. The van der Waals surface area contributed by atoms with Gasteiger partial charge in [-0.05, 0) is 61.7 Å². The Hall–Kier alpha value is -0.730. The smallest absolute Gasteiger partial charge is 0.315 e. The van der Waals surface area contributed by atoms with Crippen molar-refractivity contribution in [2.75, 3.05) is 6.54 Å². The summed E-state index contributed by atoms with van der Waals surface area (Å²) in [4.78, 5) is 12.1. The summed E-state index contributed by atoms with van der Waals surface area (Å²) >= 11 is 0. The number of rotatable bonds is 4. The molecular weight excluding hydrogens is 260 g/mol. The van der Waals surface area contributed by atoms with E-state index >= 15 is 0 Å². The first-order valence-corrected chi connectivity index (χ1v) is 9.28. The third-order valence-corrected chi connectivity index (χ3v) is 6.95. The van der Waals surface area contributed by atoms with Gasteiger partial charge in [-0.3, -0.25) is 0 Å². The summed E-state index contributed by atoms with van der Waals surface area (Å²) < 4.78 is 0. The van der Waals surface area contributed by atoms with Crippen LogP contribution in [-0.4, -0.2) is 18.6 Å². The number of nitrogens with one attached hydrogen (secondary N) is 2. The highest BCUT2D eigenvalue weighted by Gasteiger charge is 2.45. The van der Waals surface area contributed by atoms with Gasteiger partial charge < -0.3 is 10.6 Å². The highest BCUT2D eigenvalue weighted by molar-refractivity contribution is 5.74. The van der Waals surface area contributed by atoms with E-state index in [-0.39, 0.29) is 6.03 Å². The Balaban J connectivity index is 1.16. The third kappa shape index (κ3) is 2.93. The van der Waals surface area contributed by atoms with Crippen molar-refractivity contribution in [1.82, 2.24) is 10.6 Å². The first kappa shape index (κ1) is 13.9. The first-order valence-electron chi connectivity index (χ1n) is 9.28. The average Bonchev–Trinajstić information content (AvgIpc) is 3.12. The number of hydrogen-bond donors (Lipinski definition) is 2. The zero-order chi connectivity index (χ0) is 14.3. The fourth-order valence-corrected chi connectivity index (χ4v) is 5.12. The highest BCUT2D eigenvalue weighted by atomic mass is 16.2. The zero-order valence-corrected chi connectivity index (χ0v) is 13.2. The van der Waals surface area contributed by atoms with Crippen LogP contribution in [0.5, 0.6) is 0 Å². The summed E-state index contributed by atoms with van der Waals surface area (Å²) in [5, 5.41) is 6.39. The van der Waals surface area contributed by atoms with Crippen LogP contribution in [-0.2, 0) is 0 Å². The van der Waals surface area contributed by atoms with Crippen LogP contribution in [0.4, 0.5) is 4.79 Å². The SMILES string of the molecule is O=C(NC[C@@H]1C[C@H]1C1CCC1)NC1CCCC2(CCC2)C1. The molecule has 4 rings (SSSR count). The monoisotopic (exact) mass is 290 g/mol. The molecule has 1 unspecified atom stereocenters. The van der Waals surface area contributed by atoms with Crippen LogP contribution >= 0.6 is 0 Å². The van der Waals surface area contributed by atoms with Crippen molar-refractivity contribution in [3.05, 3.63) is 0 Å². The van der Waals surface area contributed by atoms with E-state index in [1.165, 1.54) is 70.6 Å². The molecule has 3 nitrogen and oxygen atoms in total. The Labute approximate surface area is 128 Å². The normalized spacial score (nSPS) is 37.4. The van der Waals surface area contributed by atoms with Gasteiger partial charge in [-0.15, -0.1) is 0 Å². The maximum atomic E-state index is 12.1. The van der Waals surface area contributed by atoms with Crippen molar-refractivity contribution < 1.29 is 4.79 Å². The summed E-state index contributed by atoms with van der Waals surface area (Å²) in [6, 6.07) is 0.524. The highest BCUT2D eigenvalue weighted by Crippen LogP contribution is 2.52. The van der Waals surface area contributed by atoms with Gasteiger partial charge in [0, 0.05) is 12.6 Å². The van der Waals surface area contributed by atoms with Gasteiger partial charge in [-0.1, -0.05) is 32.1 Å². The number of hydrogen-bond acceptors (Lipinski definition) is 1. The molecule has 2 amide bonds. The predicted octanol–water partition coefficient (Wildman–Crippen LogP) is 3.83. The van der Waals surface area contributed by atoms with E-state index < -0.39 is 0 Å². The predicted molar refractivity (Wildman–Crippen MR) is 84.0 cm³/mol. The summed E-state index contributed by atoms with van der Waals surface area (Å²) in [5.41, 5.74) is 0.613. The minimum Gasteiger partial charge on any atom is -0.338 e. The fraction of sp³-hybridized carbons (Fsp3) is 0.944. The first-order chi connectivity index (χ1) is 10.2. The van der Waals surface area contributed by atoms with Crippen molar-refractivity contribution in [2.45, 2.75) is 76.7 Å². The third-order valence-electron chi connectivity index (χ3n) is 6.95. The molecule has 0 aromatic rings. The van der Waals surface area contributed by atoms with E-state index in [0.717, 1.165) is 24.3 Å². The van der Waals surface area contributed by atoms with Gasteiger partial charge >= 0.3 is 6.03 Å². The van der Waals surface area contributed by atoms with E-state index in [1.807, 2.05) is 0 Å². The van der Waals surface area contributed by atoms with Gasteiger partial charge in [0.15, 0.2) is 0 Å². The lowest BCUT2D eigenvalue weighted by Gasteiger charge is -2.47. The summed E-state index contributed by atoms with van der Waals surface area (Å²) in [6.07, 6.45) is 15.0. The van der Waals surface area contributed by atoms with Crippen LogP contribution in [0, 0.1) is 23.2 Å². The number of carbonyl (C=O) groups excluding carboxylic acids is 1. The molecule has 0 aromatic heterocycles. The largest absolute Gasteiger partial charge is 0.338 e. The second-order valence-electron chi connectivity index (χ2n) is 8.35. The zero-order valence-electron chi connectivity index (χ0n) is 13.2. The van der Waals surface area contributed by atoms with Crippen LogP contribution in [0.1, 0.15) is 70.6 Å². The summed E-state index contributed by atoms with van der Waals surface area (Å²) in [6.45, 7) is 0.908. The van der Waals surface area contributed by atoms with Crippen molar-refractivity contribution >= 4 is 6.03 Å². The van der Waals surface area contributed by atoms with Crippen molar-refractivity contribution in [2.24, 2.45) is 23.2 Å². The molecule has 4 aliphatic rings. The van der Waals surface area contributed by atoms with E-state index in [2.05, 4.69) is 10.6 Å². The molecule has 0 heterocycles. The molecule has 3 heteroatoms. The molecule has 118 valence electrons. The maximum absolute atomic E-state index is 12.1. The Morgan fingerprint density at radius 2 is 1.86 bits per heavy atom. The Morgan fingerprint density at radius 1 is 1.05 bits per heavy atom. The van der Waals surface area contributed by atoms with Gasteiger partial charge in [0.1, 0.15) is 0 Å². The molecule has 0 radical (unpaired) electrons. The van der Waals surface area contributed by atoms with Crippen LogP contribution in [0.25, 0.3) is 0 Å². The fourth-order valence-electron chi connectivity index (χ4n) is 5.12. The van der Waals surface area contributed by atoms with Gasteiger partial charge in [0.05, 0.1) is 0 Å². The second kappa shape index (κ2) is 5.48. The molecule has 21 heavy (non-hydrogen) atoms.